The molecule has 0 aromatic heterocycles. The normalized spacial score (nSPS) is 34.1. The fourth-order valence-corrected chi connectivity index (χ4v) is 8.93. The molecule has 1 aromatic carbocycles. The maximum Gasteiger partial charge on any atom is 0.457 e. The molecule has 2 saturated carbocycles. The second-order valence-corrected chi connectivity index (χ2v) is 12.5. The molecule has 0 amide bonds. The molecule has 0 bridgehead atoms. The molecule has 6 heteroatoms. The van der Waals surface area contributed by atoms with E-state index < -0.39 is 17.0 Å². The Labute approximate surface area is 228 Å². The van der Waals surface area contributed by atoms with Crippen LogP contribution in [-0.4, -0.2) is 30.8 Å². The summed E-state index contributed by atoms with van der Waals surface area (Å²) in [5.41, 5.74) is 4.19. The van der Waals surface area contributed by atoms with E-state index in [1.165, 1.54) is 42.5 Å². The summed E-state index contributed by atoms with van der Waals surface area (Å²) in [6.07, 6.45) is 4.14. The monoisotopic (exact) mass is 535 g/mol. The molecule has 3 nitrogen and oxygen atoms in total. The molecule has 0 radical (unpaired) electrons. The van der Waals surface area contributed by atoms with Gasteiger partial charge in [-0.1, -0.05) is 30.6 Å². The van der Waals surface area contributed by atoms with Crippen LogP contribution in [0.3, 0.4) is 0 Å². The van der Waals surface area contributed by atoms with Crippen LogP contribution in [0.15, 0.2) is 47.1 Å². The third kappa shape index (κ3) is 4.28. The lowest BCUT2D eigenvalue weighted by molar-refractivity contribution is -0.130. The van der Waals surface area contributed by atoms with Crippen molar-refractivity contribution < 1.29 is 22.8 Å². The lowest BCUT2D eigenvalue weighted by Gasteiger charge is -2.54. The molecule has 206 valence electrons. The van der Waals surface area contributed by atoms with Crippen LogP contribution < -0.4 is 4.90 Å². The minimum atomic E-state index is -4.64. The average Bonchev–Trinajstić information content (AvgIpc) is 3.53. The van der Waals surface area contributed by atoms with Crippen molar-refractivity contribution in [2.24, 2.45) is 22.7 Å². The van der Waals surface area contributed by atoms with Gasteiger partial charge in [0.05, 0.1) is 5.41 Å². The molecule has 0 unspecified atom stereocenters. The van der Waals surface area contributed by atoms with Gasteiger partial charge in [0.2, 0.25) is 0 Å². The maximum atomic E-state index is 13.4. The fraction of sp³-hybridized carbons (Fsp3) is 0.576. The number of fused-ring (bicyclic) bond motifs is 4. The number of nitrogens with zero attached hydrogens (tertiary/aromatic N) is 1. The number of halogens is 3. The first-order chi connectivity index (χ1) is 18.5. The van der Waals surface area contributed by atoms with Gasteiger partial charge in [-0.3, -0.25) is 9.59 Å². The summed E-state index contributed by atoms with van der Waals surface area (Å²) in [4.78, 5) is 28.0. The molecule has 5 aliphatic rings. The smallest absolute Gasteiger partial charge is 0.372 e. The third-order valence-electron chi connectivity index (χ3n) is 10.7. The summed E-state index contributed by atoms with van der Waals surface area (Å²) >= 11 is 0. The SMILES string of the molecule is CC(=O)[C@@]1(C#CC(F)(F)F)CC[C@H]2[C@@H]3CCC4=CC(=O)CCC4=C3[C@@H](c3ccc(N4CCCC4)cc3)C[C@@]21C. The minimum Gasteiger partial charge on any atom is -0.372 e. The molecule has 6 rings (SSSR count). The van der Waals surface area contributed by atoms with Crippen molar-refractivity contribution in [1.29, 1.82) is 0 Å². The third-order valence-corrected chi connectivity index (χ3v) is 10.7. The summed E-state index contributed by atoms with van der Waals surface area (Å²) in [6, 6.07) is 8.72. The van der Waals surface area contributed by atoms with E-state index in [2.05, 4.69) is 35.1 Å². The van der Waals surface area contributed by atoms with Crippen LogP contribution in [0.5, 0.6) is 0 Å². The van der Waals surface area contributed by atoms with E-state index in [-0.39, 0.29) is 29.3 Å². The van der Waals surface area contributed by atoms with Gasteiger partial charge in [-0.05, 0) is 110 Å². The summed E-state index contributed by atoms with van der Waals surface area (Å²) in [7, 11) is 0. The fourth-order valence-electron chi connectivity index (χ4n) is 8.93. The number of carbonyl (C=O) groups excluding carboxylic acids is 2. The molecular formula is C33H36F3NO2. The summed E-state index contributed by atoms with van der Waals surface area (Å²) < 4.78 is 40.1. The Balaban J connectivity index is 1.49. The van der Waals surface area contributed by atoms with Crippen molar-refractivity contribution in [2.45, 2.75) is 83.7 Å². The van der Waals surface area contributed by atoms with Crippen LogP contribution in [0, 0.1) is 34.5 Å². The zero-order valence-corrected chi connectivity index (χ0v) is 22.8. The average molecular weight is 536 g/mol. The highest BCUT2D eigenvalue weighted by Crippen LogP contribution is 2.69. The zero-order valence-electron chi connectivity index (χ0n) is 22.8. The van der Waals surface area contributed by atoms with E-state index in [1.54, 1.807) is 0 Å². The lowest BCUT2D eigenvalue weighted by Crippen LogP contribution is -2.50. The Morgan fingerprint density at radius 3 is 2.44 bits per heavy atom. The van der Waals surface area contributed by atoms with Gasteiger partial charge in [-0.2, -0.15) is 13.2 Å². The van der Waals surface area contributed by atoms with Crippen molar-refractivity contribution in [2.75, 3.05) is 18.0 Å². The first kappa shape index (κ1) is 26.4. The van der Waals surface area contributed by atoms with Gasteiger partial charge < -0.3 is 4.90 Å². The molecule has 1 aromatic rings. The molecule has 39 heavy (non-hydrogen) atoms. The Bertz CT molecular complexity index is 1320. The second kappa shape index (κ2) is 9.39. The summed E-state index contributed by atoms with van der Waals surface area (Å²) in [5.74, 6) is 4.26. The number of alkyl halides is 3. The predicted octanol–water partition coefficient (Wildman–Crippen LogP) is 7.33. The first-order valence-corrected chi connectivity index (χ1v) is 14.5. The number of ketones is 2. The molecular weight excluding hydrogens is 499 g/mol. The molecule has 1 heterocycles. The van der Waals surface area contributed by atoms with Crippen molar-refractivity contribution in [3.05, 3.63) is 52.6 Å². The topological polar surface area (TPSA) is 37.4 Å². The van der Waals surface area contributed by atoms with Crippen LogP contribution in [0.1, 0.15) is 83.1 Å². The van der Waals surface area contributed by atoms with E-state index in [0.29, 0.717) is 25.7 Å². The van der Waals surface area contributed by atoms with Crippen LogP contribution >= 0.6 is 0 Å². The lowest BCUT2D eigenvalue weighted by atomic mass is 9.48. The van der Waals surface area contributed by atoms with Gasteiger partial charge in [0, 0.05) is 37.0 Å². The molecule has 1 aliphatic heterocycles. The zero-order chi connectivity index (χ0) is 27.6. The first-order valence-electron chi connectivity index (χ1n) is 14.5. The number of anilines is 1. The Kier molecular flexibility index (Phi) is 6.36. The van der Waals surface area contributed by atoms with E-state index in [0.717, 1.165) is 43.5 Å². The number of hydrogen-bond acceptors (Lipinski definition) is 3. The molecule has 3 fully saturated rings. The minimum absolute atomic E-state index is 0.0136. The predicted molar refractivity (Wildman–Crippen MR) is 145 cm³/mol. The van der Waals surface area contributed by atoms with Gasteiger partial charge in [0.1, 0.15) is 5.78 Å². The number of hydrogen-bond donors (Lipinski definition) is 0. The number of carbonyl (C=O) groups is 2. The van der Waals surface area contributed by atoms with E-state index in [1.807, 2.05) is 13.0 Å². The summed E-state index contributed by atoms with van der Waals surface area (Å²) in [6.45, 7) is 5.59. The summed E-state index contributed by atoms with van der Waals surface area (Å²) in [5, 5.41) is 0. The number of benzene rings is 1. The van der Waals surface area contributed by atoms with Crippen LogP contribution in [0.4, 0.5) is 18.9 Å². The number of rotatable bonds is 3. The van der Waals surface area contributed by atoms with Gasteiger partial charge in [0.15, 0.2) is 5.78 Å². The Morgan fingerprint density at radius 1 is 1.05 bits per heavy atom. The largest absolute Gasteiger partial charge is 0.457 e. The van der Waals surface area contributed by atoms with Gasteiger partial charge in [-0.25, -0.2) is 0 Å². The molecule has 0 N–H and O–H groups in total. The Morgan fingerprint density at radius 2 is 1.77 bits per heavy atom. The standard InChI is InChI=1S/C33H36F3NO2/c1-21(38)32(15-16-33(34,35)36)14-13-29-27-11-7-23-19-25(39)10-12-26(23)30(27)28(20-31(29,32)2)22-5-8-24(9-6-22)37-17-3-4-18-37/h5-6,8-9,19,27-29H,3-4,7,10-14,17-18,20H2,1-2H3/t27-,28+,29-,31-,32-/m0/s1. The highest BCUT2D eigenvalue weighted by Gasteiger charge is 2.65. The van der Waals surface area contributed by atoms with Gasteiger partial charge in [-0.15, -0.1) is 0 Å². The van der Waals surface area contributed by atoms with Gasteiger partial charge in [0.25, 0.3) is 0 Å². The van der Waals surface area contributed by atoms with E-state index in [4.69, 9.17) is 0 Å². The van der Waals surface area contributed by atoms with Crippen molar-refractivity contribution in [3.63, 3.8) is 0 Å². The Hall–Kier alpha value is -2.81. The second-order valence-electron chi connectivity index (χ2n) is 12.5. The number of allylic oxidation sites excluding steroid dienone is 4. The molecule has 0 spiro atoms. The molecule has 4 aliphatic carbocycles. The van der Waals surface area contributed by atoms with Crippen molar-refractivity contribution in [3.8, 4) is 11.8 Å². The van der Waals surface area contributed by atoms with E-state index >= 15 is 0 Å². The number of Topliss-reactive ketones (excluding diaryl/α,β-unsaturated/α-hetero) is 1. The van der Waals surface area contributed by atoms with E-state index in [9.17, 15) is 22.8 Å². The van der Waals surface area contributed by atoms with Crippen LogP contribution in [-0.2, 0) is 9.59 Å². The highest BCUT2D eigenvalue weighted by molar-refractivity contribution is 5.93. The van der Waals surface area contributed by atoms with Crippen LogP contribution in [0.2, 0.25) is 0 Å². The molecule has 1 saturated heterocycles. The van der Waals surface area contributed by atoms with Crippen molar-refractivity contribution >= 4 is 17.3 Å². The molecule has 5 atom stereocenters. The van der Waals surface area contributed by atoms with Crippen LogP contribution in [0.25, 0.3) is 0 Å². The van der Waals surface area contributed by atoms with Crippen molar-refractivity contribution in [1.82, 2.24) is 0 Å². The quantitative estimate of drug-likeness (QED) is 0.381. The maximum absolute atomic E-state index is 13.4. The van der Waals surface area contributed by atoms with Gasteiger partial charge >= 0.3 is 6.18 Å². The highest BCUT2D eigenvalue weighted by atomic mass is 19.4.